The SMILES string of the molecule is CC(NC(=O)c1c(N)[nH][n+]2cccnc12)c1nc2cccc(C#CC(C)(C)O)c2c(=O)n1-c1ccccc1. The molecule has 10 nitrogen and oxygen atoms in total. The van der Waals surface area contributed by atoms with Crippen LogP contribution in [0.3, 0.4) is 0 Å². The van der Waals surface area contributed by atoms with Crippen molar-refractivity contribution in [2.24, 2.45) is 0 Å². The van der Waals surface area contributed by atoms with Crippen molar-refractivity contribution < 1.29 is 14.4 Å². The lowest BCUT2D eigenvalue weighted by atomic mass is 10.1. The number of aliphatic hydroxyl groups is 1. The Bertz CT molecular complexity index is 1810. The maximum absolute atomic E-state index is 14.0. The number of H-pyrrole nitrogens is 1. The molecule has 1 atom stereocenters. The summed E-state index contributed by atoms with van der Waals surface area (Å²) in [5.74, 6) is 5.71. The molecular weight excluding hydrogens is 482 g/mol. The maximum atomic E-state index is 14.0. The van der Waals surface area contributed by atoms with Crippen molar-refractivity contribution in [3.63, 3.8) is 0 Å². The highest BCUT2D eigenvalue weighted by Gasteiger charge is 2.27. The Hall–Kier alpha value is -5.01. The standard InChI is InChI=1S/C28H25N7O3/c1-17(31-26(36)22-23(29)33-34-16-8-15-30-25(22)34)24-32-20-12-7-9-18(13-14-28(2,3)38)21(20)27(37)35(24)19-10-5-4-6-11-19/h4-12,15-17,38H,1-3H3,(H3,29,31,33,36)/p+1. The summed E-state index contributed by atoms with van der Waals surface area (Å²) in [6.45, 7) is 4.89. The zero-order valence-corrected chi connectivity index (χ0v) is 21.1. The van der Waals surface area contributed by atoms with Gasteiger partial charge in [0.15, 0.2) is 11.4 Å². The van der Waals surface area contributed by atoms with Crippen molar-refractivity contribution in [3.8, 4) is 17.5 Å². The van der Waals surface area contributed by atoms with Gasteiger partial charge < -0.3 is 16.2 Å². The first kappa shape index (κ1) is 24.7. The molecule has 190 valence electrons. The van der Waals surface area contributed by atoms with Crippen LogP contribution in [0.4, 0.5) is 5.82 Å². The van der Waals surface area contributed by atoms with Crippen LogP contribution in [0.25, 0.3) is 22.2 Å². The summed E-state index contributed by atoms with van der Waals surface area (Å²) >= 11 is 0. The van der Waals surface area contributed by atoms with Crippen molar-refractivity contribution in [1.29, 1.82) is 0 Å². The Morgan fingerprint density at radius 2 is 1.95 bits per heavy atom. The Balaban J connectivity index is 1.66. The number of hydrogen-bond acceptors (Lipinski definition) is 6. The molecule has 5 N–H and O–H groups in total. The number of anilines is 1. The number of carbonyl (C=O) groups excluding carboxylic acids is 1. The molecule has 0 radical (unpaired) electrons. The van der Waals surface area contributed by atoms with Crippen molar-refractivity contribution in [3.05, 3.63) is 94.3 Å². The molecule has 0 aliphatic heterocycles. The van der Waals surface area contributed by atoms with E-state index in [2.05, 4.69) is 27.2 Å². The number of fused-ring (bicyclic) bond motifs is 2. The molecule has 1 amide bonds. The summed E-state index contributed by atoms with van der Waals surface area (Å²) in [5.41, 5.74) is 6.52. The van der Waals surface area contributed by atoms with Gasteiger partial charge >= 0.3 is 5.65 Å². The first-order chi connectivity index (χ1) is 18.1. The van der Waals surface area contributed by atoms with Gasteiger partial charge in [-0.15, -0.1) is 4.52 Å². The Morgan fingerprint density at radius 1 is 1.18 bits per heavy atom. The third kappa shape index (κ3) is 4.58. The predicted molar refractivity (Wildman–Crippen MR) is 143 cm³/mol. The summed E-state index contributed by atoms with van der Waals surface area (Å²) in [5, 5.41) is 16.2. The molecule has 3 heterocycles. The van der Waals surface area contributed by atoms with Crippen molar-refractivity contribution in [1.82, 2.24) is 25.0 Å². The van der Waals surface area contributed by atoms with Crippen LogP contribution >= 0.6 is 0 Å². The van der Waals surface area contributed by atoms with Gasteiger partial charge in [-0.25, -0.2) is 10.1 Å². The van der Waals surface area contributed by atoms with Crippen LogP contribution in [-0.2, 0) is 0 Å². The molecule has 10 heteroatoms. The molecule has 0 aliphatic carbocycles. The number of hydrogen-bond donors (Lipinski definition) is 4. The van der Waals surface area contributed by atoms with Crippen LogP contribution in [-0.4, -0.2) is 36.2 Å². The van der Waals surface area contributed by atoms with E-state index in [9.17, 15) is 14.7 Å². The van der Waals surface area contributed by atoms with Gasteiger partial charge in [0.2, 0.25) is 0 Å². The normalized spacial score (nSPS) is 12.2. The van der Waals surface area contributed by atoms with Gasteiger partial charge in [-0.1, -0.05) is 36.1 Å². The Morgan fingerprint density at radius 3 is 2.68 bits per heavy atom. The minimum atomic E-state index is -1.23. The van der Waals surface area contributed by atoms with Gasteiger partial charge in [-0.2, -0.15) is 0 Å². The van der Waals surface area contributed by atoms with Crippen molar-refractivity contribution >= 4 is 28.3 Å². The second kappa shape index (κ2) is 9.46. The molecule has 3 aromatic heterocycles. The van der Waals surface area contributed by atoms with E-state index in [1.54, 1.807) is 74.1 Å². The van der Waals surface area contributed by atoms with Crippen molar-refractivity contribution in [2.75, 3.05) is 5.73 Å². The lowest BCUT2D eigenvalue weighted by molar-refractivity contribution is -0.577. The second-order valence-electron chi connectivity index (χ2n) is 9.36. The molecule has 38 heavy (non-hydrogen) atoms. The number of para-hydroxylation sites is 1. The van der Waals surface area contributed by atoms with Crippen LogP contribution in [0, 0.1) is 11.8 Å². The van der Waals surface area contributed by atoms with Crippen LogP contribution in [0.2, 0.25) is 0 Å². The molecule has 0 aliphatic rings. The number of aromatic amines is 1. The third-order valence-electron chi connectivity index (χ3n) is 5.88. The quantitative estimate of drug-likeness (QED) is 0.216. The monoisotopic (exact) mass is 508 g/mol. The van der Waals surface area contributed by atoms with E-state index >= 15 is 0 Å². The largest absolute Gasteiger partial charge is 0.382 e. The van der Waals surface area contributed by atoms with E-state index in [-0.39, 0.29) is 16.9 Å². The zero-order valence-electron chi connectivity index (χ0n) is 21.1. The van der Waals surface area contributed by atoms with E-state index in [1.807, 2.05) is 18.2 Å². The zero-order chi connectivity index (χ0) is 27.0. The lowest BCUT2D eigenvalue weighted by Crippen LogP contribution is -2.34. The fourth-order valence-corrected chi connectivity index (χ4v) is 4.20. The molecular formula is C28H26N7O3+. The highest BCUT2D eigenvalue weighted by atomic mass is 16.3. The van der Waals surface area contributed by atoms with E-state index in [1.165, 1.54) is 4.57 Å². The third-order valence-corrected chi connectivity index (χ3v) is 5.88. The fraction of sp³-hybridized carbons (Fsp3) is 0.179. The summed E-state index contributed by atoms with van der Waals surface area (Å²) in [6.07, 6.45) is 3.27. The molecule has 0 fully saturated rings. The topological polar surface area (TPSA) is 143 Å². The first-order valence-corrected chi connectivity index (χ1v) is 12.0. The number of nitrogens with two attached hydrogens (primary N) is 1. The Kier molecular flexibility index (Phi) is 6.14. The molecule has 1 unspecified atom stereocenters. The second-order valence-corrected chi connectivity index (χ2v) is 9.36. The maximum Gasteiger partial charge on any atom is 0.362 e. The number of carbonyl (C=O) groups is 1. The highest BCUT2D eigenvalue weighted by molar-refractivity contribution is 6.03. The summed E-state index contributed by atoms with van der Waals surface area (Å²) in [4.78, 5) is 36.4. The number of amides is 1. The van der Waals surface area contributed by atoms with Crippen LogP contribution in [0.5, 0.6) is 0 Å². The van der Waals surface area contributed by atoms with Crippen molar-refractivity contribution in [2.45, 2.75) is 32.4 Å². The molecule has 0 spiro atoms. The number of aromatic nitrogens is 5. The number of rotatable bonds is 4. The fourth-order valence-electron chi connectivity index (χ4n) is 4.20. The number of nitrogens with zero attached hydrogens (tertiary/aromatic N) is 4. The smallest absolute Gasteiger partial charge is 0.362 e. The van der Waals surface area contributed by atoms with Gasteiger partial charge in [0.25, 0.3) is 11.5 Å². The predicted octanol–water partition coefficient (Wildman–Crippen LogP) is 2.04. The van der Waals surface area contributed by atoms with Gasteiger partial charge in [0.05, 0.1) is 22.6 Å². The van der Waals surface area contributed by atoms with E-state index in [0.29, 0.717) is 33.6 Å². The average molecular weight is 509 g/mol. The van der Waals surface area contributed by atoms with E-state index < -0.39 is 17.6 Å². The van der Waals surface area contributed by atoms with Gasteiger partial charge in [0.1, 0.15) is 23.8 Å². The van der Waals surface area contributed by atoms with E-state index in [4.69, 9.17) is 10.7 Å². The average Bonchev–Trinajstić information content (AvgIpc) is 3.23. The lowest BCUT2D eigenvalue weighted by Gasteiger charge is -2.20. The molecule has 0 saturated carbocycles. The van der Waals surface area contributed by atoms with Gasteiger partial charge in [-0.3, -0.25) is 14.2 Å². The van der Waals surface area contributed by atoms with Crippen LogP contribution in [0.1, 0.15) is 48.6 Å². The number of nitrogen functional groups attached to an aromatic ring is 1. The molecule has 0 saturated heterocycles. The summed E-state index contributed by atoms with van der Waals surface area (Å²) in [6, 6.07) is 15.3. The highest BCUT2D eigenvalue weighted by Crippen LogP contribution is 2.21. The molecule has 5 rings (SSSR count). The van der Waals surface area contributed by atoms with Crippen LogP contribution < -0.4 is 21.1 Å². The van der Waals surface area contributed by atoms with Gasteiger partial charge in [0, 0.05) is 11.6 Å². The first-order valence-electron chi connectivity index (χ1n) is 12.0. The number of nitrogens with one attached hydrogen (secondary N) is 2. The van der Waals surface area contributed by atoms with Gasteiger partial charge in [-0.05, 0) is 50.0 Å². The molecule has 2 aromatic carbocycles. The molecule has 5 aromatic rings. The van der Waals surface area contributed by atoms with Crippen LogP contribution in [0.15, 0.2) is 71.8 Å². The summed E-state index contributed by atoms with van der Waals surface area (Å²) < 4.78 is 3.02. The minimum absolute atomic E-state index is 0.162. The summed E-state index contributed by atoms with van der Waals surface area (Å²) in [7, 11) is 0. The molecule has 0 bridgehead atoms. The van der Waals surface area contributed by atoms with E-state index in [0.717, 1.165) is 0 Å². The minimum Gasteiger partial charge on any atom is -0.382 e. The number of benzene rings is 2. The Labute approximate surface area is 217 Å².